The van der Waals surface area contributed by atoms with Crippen LogP contribution in [0.15, 0.2) is 0 Å². The summed E-state index contributed by atoms with van der Waals surface area (Å²) in [5, 5.41) is 13.1. The molecule has 2 aliphatic heterocycles. The zero-order valence-corrected chi connectivity index (χ0v) is 11.0. The predicted molar refractivity (Wildman–Crippen MR) is 69.1 cm³/mol. The molecule has 0 aromatic carbocycles. The molecule has 18 heavy (non-hydrogen) atoms. The summed E-state index contributed by atoms with van der Waals surface area (Å²) in [5.41, 5.74) is 0. The standard InChI is InChI=1S/C14H24N2O2/c17-9-10-4-3-5-11(10)15-12-8-14(18)16-7-2-1-6-13(12)16/h10-13,15,17H,1-9H2. The van der Waals surface area contributed by atoms with Gasteiger partial charge in [0.05, 0.1) is 0 Å². The fraction of sp³-hybridized carbons (Fsp3) is 0.929. The van der Waals surface area contributed by atoms with E-state index in [0.717, 1.165) is 32.2 Å². The van der Waals surface area contributed by atoms with E-state index in [0.29, 0.717) is 36.4 Å². The second kappa shape index (κ2) is 5.17. The monoisotopic (exact) mass is 252 g/mol. The van der Waals surface area contributed by atoms with Crippen LogP contribution < -0.4 is 5.32 Å². The smallest absolute Gasteiger partial charge is 0.224 e. The van der Waals surface area contributed by atoms with Crippen LogP contribution >= 0.6 is 0 Å². The van der Waals surface area contributed by atoms with Gasteiger partial charge < -0.3 is 15.3 Å². The summed E-state index contributed by atoms with van der Waals surface area (Å²) in [6.45, 7) is 1.24. The van der Waals surface area contributed by atoms with Crippen molar-refractivity contribution in [1.82, 2.24) is 10.2 Å². The van der Waals surface area contributed by atoms with Gasteiger partial charge in [0, 0.05) is 37.7 Å². The molecule has 1 aliphatic carbocycles. The number of hydrogen-bond donors (Lipinski definition) is 2. The summed E-state index contributed by atoms with van der Waals surface area (Å²) in [6, 6.07) is 1.18. The lowest BCUT2D eigenvalue weighted by atomic mass is 9.96. The van der Waals surface area contributed by atoms with Gasteiger partial charge in [0.25, 0.3) is 0 Å². The number of aliphatic hydroxyl groups is 1. The lowest BCUT2D eigenvalue weighted by Gasteiger charge is -2.34. The quantitative estimate of drug-likeness (QED) is 0.784. The van der Waals surface area contributed by atoms with Gasteiger partial charge in [-0.3, -0.25) is 4.79 Å². The topological polar surface area (TPSA) is 52.6 Å². The van der Waals surface area contributed by atoms with Gasteiger partial charge in [-0.25, -0.2) is 0 Å². The van der Waals surface area contributed by atoms with E-state index in [9.17, 15) is 9.90 Å². The number of amides is 1. The van der Waals surface area contributed by atoms with Gasteiger partial charge in [-0.2, -0.15) is 0 Å². The molecule has 3 aliphatic rings. The van der Waals surface area contributed by atoms with Crippen molar-refractivity contribution in [3.8, 4) is 0 Å². The minimum Gasteiger partial charge on any atom is -0.396 e. The SMILES string of the molecule is O=C1CC(NC2CCCC2CO)C2CCCCN12. The van der Waals surface area contributed by atoms with Crippen molar-refractivity contribution in [2.24, 2.45) is 5.92 Å². The van der Waals surface area contributed by atoms with Crippen LogP contribution in [-0.4, -0.2) is 47.2 Å². The summed E-state index contributed by atoms with van der Waals surface area (Å²) in [4.78, 5) is 14.1. The second-order valence-electron chi connectivity index (χ2n) is 6.11. The minimum absolute atomic E-state index is 0.284. The summed E-state index contributed by atoms with van der Waals surface area (Å²) in [6.07, 6.45) is 7.72. The molecule has 0 bridgehead atoms. The molecule has 0 aromatic rings. The van der Waals surface area contributed by atoms with Crippen LogP contribution in [0.1, 0.15) is 44.9 Å². The van der Waals surface area contributed by atoms with Crippen molar-refractivity contribution in [3.63, 3.8) is 0 Å². The maximum atomic E-state index is 12.0. The Morgan fingerprint density at radius 3 is 2.89 bits per heavy atom. The third-order valence-electron chi connectivity index (χ3n) is 5.05. The van der Waals surface area contributed by atoms with Crippen molar-refractivity contribution in [3.05, 3.63) is 0 Å². The first-order valence-electron chi connectivity index (χ1n) is 7.46. The number of aliphatic hydroxyl groups excluding tert-OH is 1. The van der Waals surface area contributed by atoms with E-state index >= 15 is 0 Å². The molecule has 1 amide bonds. The zero-order chi connectivity index (χ0) is 12.5. The van der Waals surface area contributed by atoms with E-state index in [1.165, 1.54) is 12.8 Å². The maximum absolute atomic E-state index is 12.0. The Kier molecular flexibility index (Phi) is 3.57. The van der Waals surface area contributed by atoms with E-state index < -0.39 is 0 Å². The Bertz CT molecular complexity index is 321. The van der Waals surface area contributed by atoms with E-state index in [1.54, 1.807) is 0 Å². The summed E-state index contributed by atoms with van der Waals surface area (Å²) in [7, 11) is 0. The largest absolute Gasteiger partial charge is 0.396 e. The second-order valence-corrected chi connectivity index (χ2v) is 6.11. The van der Waals surface area contributed by atoms with E-state index in [1.807, 2.05) is 0 Å². The van der Waals surface area contributed by atoms with Gasteiger partial charge in [0.1, 0.15) is 0 Å². The number of fused-ring (bicyclic) bond motifs is 1. The number of nitrogens with zero attached hydrogens (tertiary/aromatic N) is 1. The first kappa shape index (κ1) is 12.4. The van der Waals surface area contributed by atoms with Crippen LogP contribution in [0.2, 0.25) is 0 Å². The molecule has 4 unspecified atom stereocenters. The third kappa shape index (κ3) is 2.16. The third-order valence-corrected chi connectivity index (χ3v) is 5.05. The average Bonchev–Trinajstić information content (AvgIpc) is 2.96. The Balaban J connectivity index is 1.64. The highest BCUT2D eigenvalue weighted by Crippen LogP contribution is 2.31. The van der Waals surface area contributed by atoms with Crippen molar-refractivity contribution in [1.29, 1.82) is 0 Å². The maximum Gasteiger partial charge on any atom is 0.224 e. The molecule has 102 valence electrons. The molecular weight excluding hydrogens is 228 g/mol. The van der Waals surface area contributed by atoms with Crippen LogP contribution in [0.25, 0.3) is 0 Å². The first-order chi connectivity index (χ1) is 8.79. The lowest BCUT2D eigenvalue weighted by Crippen LogP contribution is -2.49. The minimum atomic E-state index is 0.284. The van der Waals surface area contributed by atoms with Crippen LogP contribution in [0.3, 0.4) is 0 Å². The Hall–Kier alpha value is -0.610. The van der Waals surface area contributed by atoms with Gasteiger partial charge >= 0.3 is 0 Å². The molecule has 2 saturated heterocycles. The summed E-state index contributed by atoms with van der Waals surface area (Å²) in [5.74, 6) is 0.730. The Morgan fingerprint density at radius 2 is 2.06 bits per heavy atom. The van der Waals surface area contributed by atoms with Crippen molar-refractivity contribution < 1.29 is 9.90 Å². The van der Waals surface area contributed by atoms with Gasteiger partial charge in [-0.1, -0.05) is 6.42 Å². The number of carbonyl (C=O) groups is 1. The summed E-state index contributed by atoms with van der Waals surface area (Å²) < 4.78 is 0. The molecule has 4 nitrogen and oxygen atoms in total. The number of carbonyl (C=O) groups excluding carboxylic acids is 1. The highest BCUT2D eigenvalue weighted by molar-refractivity contribution is 5.80. The van der Waals surface area contributed by atoms with Crippen LogP contribution in [0, 0.1) is 5.92 Å². The van der Waals surface area contributed by atoms with Crippen molar-refractivity contribution in [2.75, 3.05) is 13.2 Å². The lowest BCUT2D eigenvalue weighted by molar-refractivity contribution is -0.129. The number of rotatable bonds is 3. The molecule has 3 rings (SSSR count). The molecule has 0 spiro atoms. The first-order valence-corrected chi connectivity index (χ1v) is 7.46. The van der Waals surface area contributed by atoms with Crippen LogP contribution in [0.5, 0.6) is 0 Å². The summed E-state index contributed by atoms with van der Waals surface area (Å²) >= 11 is 0. The number of hydrogen-bond acceptors (Lipinski definition) is 3. The number of piperidine rings is 1. The average molecular weight is 252 g/mol. The van der Waals surface area contributed by atoms with Crippen LogP contribution in [-0.2, 0) is 4.79 Å². The molecule has 3 fully saturated rings. The van der Waals surface area contributed by atoms with Gasteiger partial charge in [-0.05, 0) is 38.0 Å². The molecule has 0 radical (unpaired) electrons. The van der Waals surface area contributed by atoms with Crippen LogP contribution in [0.4, 0.5) is 0 Å². The normalized spacial score (nSPS) is 40.3. The molecule has 4 atom stereocenters. The molecule has 2 N–H and O–H groups in total. The fourth-order valence-corrected chi connectivity index (χ4v) is 4.05. The van der Waals surface area contributed by atoms with Crippen molar-refractivity contribution in [2.45, 2.75) is 63.1 Å². The van der Waals surface area contributed by atoms with Gasteiger partial charge in [-0.15, -0.1) is 0 Å². The van der Waals surface area contributed by atoms with E-state index in [-0.39, 0.29) is 6.61 Å². The van der Waals surface area contributed by atoms with Gasteiger partial charge in [0.2, 0.25) is 5.91 Å². The number of nitrogens with one attached hydrogen (secondary N) is 1. The molecular formula is C14H24N2O2. The fourth-order valence-electron chi connectivity index (χ4n) is 4.05. The highest BCUT2D eigenvalue weighted by Gasteiger charge is 2.42. The molecule has 4 heteroatoms. The van der Waals surface area contributed by atoms with Gasteiger partial charge in [0.15, 0.2) is 0 Å². The van der Waals surface area contributed by atoms with Crippen molar-refractivity contribution >= 4 is 5.91 Å². The molecule has 2 heterocycles. The Labute approximate surface area is 109 Å². The molecule has 0 aromatic heterocycles. The predicted octanol–water partition coefficient (Wildman–Crippen LogP) is 0.890. The highest BCUT2D eigenvalue weighted by atomic mass is 16.3. The molecule has 1 saturated carbocycles. The zero-order valence-electron chi connectivity index (χ0n) is 11.0. The Morgan fingerprint density at radius 1 is 1.17 bits per heavy atom. The van der Waals surface area contributed by atoms with E-state index in [4.69, 9.17) is 0 Å². The van der Waals surface area contributed by atoms with E-state index in [2.05, 4.69) is 10.2 Å².